The van der Waals surface area contributed by atoms with Gasteiger partial charge >= 0.3 is 0 Å². The summed E-state index contributed by atoms with van der Waals surface area (Å²) in [5, 5.41) is 20.8. The summed E-state index contributed by atoms with van der Waals surface area (Å²) < 4.78 is 0. The van der Waals surface area contributed by atoms with Crippen molar-refractivity contribution in [3.8, 4) is 35.0 Å². The van der Waals surface area contributed by atoms with E-state index in [1.165, 1.54) is 0 Å². The highest BCUT2D eigenvalue weighted by Crippen LogP contribution is 2.57. The second kappa shape index (κ2) is 7.08. The molecule has 0 heterocycles. The standard InChI is InChI=1S/C29H24N2O2/c1-4-18-9-10-24-22(13-18)21-7-5-6-8-23(21)29(24,19-11-16(2)27(32)25(30)14-19)20-12-17(3)28(33)26(31)15-20/h1,5-15,32-33H,30-31H2,2-3H3. The zero-order chi connectivity index (χ0) is 23.5. The molecule has 1 aliphatic rings. The smallest absolute Gasteiger partial charge is 0.141 e. The first-order valence-electron chi connectivity index (χ1n) is 10.7. The van der Waals surface area contributed by atoms with Gasteiger partial charge in [-0.2, -0.15) is 0 Å². The number of nitrogen functional groups attached to an aromatic ring is 2. The van der Waals surface area contributed by atoms with Crippen LogP contribution in [-0.2, 0) is 5.41 Å². The highest BCUT2D eigenvalue weighted by molar-refractivity contribution is 5.88. The molecule has 4 aromatic rings. The number of phenols is 2. The molecule has 5 rings (SSSR count). The van der Waals surface area contributed by atoms with E-state index in [4.69, 9.17) is 17.9 Å². The lowest BCUT2D eigenvalue weighted by Crippen LogP contribution is -2.29. The van der Waals surface area contributed by atoms with Crippen molar-refractivity contribution in [1.29, 1.82) is 0 Å². The summed E-state index contributed by atoms with van der Waals surface area (Å²) in [7, 11) is 0. The minimum atomic E-state index is -0.766. The van der Waals surface area contributed by atoms with Crippen molar-refractivity contribution in [2.75, 3.05) is 11.5 Å². The Morgan fingerprint density at radius 1 is 0.727 bits per heavy atom. The molecular formula is C29H24N2O2. The third-order valence-corrected chi connectivity index (χ3v) is 6.74. The first-order valence-corrected chi connectivity index (χ1v) is 10.7. The fraction of sp³-hybridized carbons (Fsp3) is 0.103. The van der Waals surface area contributed by atoms with Crippen LogP contribution in [0.1, 0.15) is 38.9 Å². The van der Waals surface area contributed by atoms with Gasteiger partial charge in [-0.25, -0.2) is 0 Å². The summed E-state index contributed by atoms with van der Waals surface area (Å²) >= 11 is 0. The number of hydrogen-bond acceptors (Lipinski definition) is 4. The minimum Gasteiger partial charge on any atom is -0.506 e. The summed E-state index contributed by atoms with van der Waals surface area (Å²) in [6.45, 7) is 3.67. The molecule has 0 amide bonds. The van der Waals surface area contributed by atoms with E-state index in [2.05, 4.69) is 24.1 Å². The summed E-state index contributed by atoms with van der Waals surface area (Å²) in [4.78, 5) is 0. The van der Waals surface area contributed by atoms with Gasteiger partial charge in [0.05, 0.1) is 16.8 Å². The van der Waals surface area contributed by atoms with Crippen molar-refractivity contribution in [1.82, 2.24) is 0 Å². The van der Waals surface area contributed by atoms with E-state index in [0.29, 0.717) is 22.5 Å². The zero-order valence-corrected chi connectivity index (χ0v) is 18.5. The van der Waals surface area contributed by atoms with Crippen LogP contribution in [0.25, 0.3) is 11.1 Å². The second-order valence-electron chi connectivity index (χ2n) is 8.66. The fourth-order valence-electron chi connectivity index (χ4n) is 5.21. The number of fused-ring (bicyclic) bond motifs is 3. The third-order valence-electron chi connectivity index (χ3n) is 6.74. The molecule has 0 atom stereocenters. The summed E-state index contributed by atoms with van der Waals surface area (Å²) in [6, 6.07) is 21.8. The van der Waals surface area contributed by atoms with E-state index in [-0.39, 0.29) is 11.5 Å². The first-order chi connectivity index (χ1) is 15.8. The Bertz CT molecular complexity index is 1390. The predicted molar refractivity (Wildman–Crippen MR) is 133 cm³/mol. The molecule has 0 fully saturated rings. The van der Waals surface area contributed by atoms with Crippen LogP contribution in [0, 0.1) is 26.2 Å². The van der Waals surface area contributed by atoms with Crippen LogP contribution in [0.3, 0.4) is 0 Å². The molecule has 0 unspecified atom stereocenters. The van der Waals surface area contributed by atoms with E-state index < -0.39 is 5.41 Å². The Morgan fingerprint density at radius 2 is 1.27 bits per heavy atom. The average molecular weight is 433 g/mol. The number of phenolic OH excluding ortho intramolecular Hbond substituents is 2. The second-order valence-corrected chi connectivity index (χ2v) is 8.66. The van der Waals surface area contributed by atoms with Gasteiger partial charge < -0.3 is 21.7 Å². The number of anilines is 2. The van der Waals surface area contributed by atoms with Gasteiger partial charge in [-0.1, -0.05) is 48.4 Å². The van der Waals surface area contributed by atoms with Crippen LogP contribution >= 0.6 is 0 Å². The highest BCUT2D eigenvalue weighted by atomic mass is 16.3. The van der Waals surface area contributed by atoms with Gasteiger partial charge in [0.15, 0.2) is 0 Å². The van der Waals surface area contributed by atoms with Gasteiger partial charge in [-0.3, -0.25) is 0 Å². The van der Waals surface area contributed by atoms with Gasteiger partial charge in [0.25, 0.3) is 0 Å². The molecule has 4 heteroatoms. The van der Waals surface area contributed by atoms with E-state index >= 15 is 0 Å². The predicted octanol–water partition coefficient (Wildman–Crippen LogP) is 5.22. The molecule has 0 aromatic heterocycles. The maximum atomic E-state index is 10.4. The van der Waals surface area contributed by atoms with Crippen LogP contribution in [-0.4, -0.2) is 10.2 Å². The lowest BCUT2D eigenvalue weighted by atomic mass is 9.67. The number of benzene rings is 4. The quantitative estimate of drug-likeness (QED) is 0.175. The van der Waals surface area contributed by atoms with Crippen molar-refractivity contribution in [2.24, 2.45) is 0 Å². The fourth-order valence-corrected chi connectivity index (χ4v) is 5.21. The molecule has 162 valence electrons. The van der Waals surface area contributed by atoms with E-state index in [1.807, 2.05) is 62.4 Å². The van der Waals surface area contributed by atoms with Gasteiger partial charge in [0.2, 0.25) is 0 Å². The van der Waals surface area contributed by atoms with Crippen molar-refractivity contribution in [3.63, 3.8) is 0 Å². The van der Waals surface area contributed by atoms with Crippen LogP contribution in [0.2, 0.25) is 0 Å². The third kappa shape index (κ3) is 2.73. The van der Waals surface area contributed by atoms with E-state index in [0.717, 1.165) is 38.9 Å². The summed E-state index contributed by atoms with van der Waals surface area (Å²) in [5.41, 5.74) is 20.5. The molecule has 33 heavy (non-hydrogen) atoms. The maximum Gasteiger partial charge on any atom is 0.141 e. The van der Waals surface area contributed by atoms with Gasteiger partial charge in [-0.15, -0.1) is 6.42 Å². The summed E-state index contributed by atoms with van der Waals surface area (Å²) in [6.07, 6.45) is 5.73. The molecule has 0 radical (unpaired) electrons. The van der Waals surface area contributed by atoms with Crippen LogP contribution in [0.15, 0.2) is 66.7 Å². The minimum absolute atomic E-state index is 0.0736. The van der Waals surface area contributed by atoms with Crippen molar-refractivity contribution < 1.29 is 10.2 Å². The zero-order valence-electron chi connectivity index (χ0n) is 18.5. The molecule has 0 saturated heterocycles. The Morgan fingerprint density at radius 3 is 1.82 bits per heavy atom. The monoisotopic (exact) mass is 432 g/mol. The van der Waals surface area contributed by atoms with Crippen molar-refractivity contribution in [3.05, 3.63) is 106 Å². The number of rotatable bonds is 2. The number of terminal acetylenes is 1. The Labute approximate surface area is 193 Å². The lowest BCUT2D eigenvalue weighted by molar-refractivity contribution is 0.473. The Kier molecular flexibility index (Phi) is 4.41. The largest absolute Gasteiger partial charge is 0.506 e. The molecule has 1 aliphatic carbocycles. The highest BCUT2D eigenvalue weighted by Gasteiger charge is 2.46. The number of aromatic hydroxyl groups is 2. The SMILES string of the molecule is C#Cc1ccc2c(c1)-c1ccccc1C2(c1cc(C)c(O)c(N)c1)c1cc(C)c(O)c(N)c1. The Hall–Kier alpha value is -4.36. The van der Waals surface area contributed by atoms with E-state index in [9.17, 15) is 10.2 Å². The van der Waals surface area contributed by atoms with E-state index in [1.54, 1.807) is 0 Å². The number of hydrogen-bond donors (Lipinski definition) is 4. The molecule has 4 nitrogen and oxygen atoms in total. The van der Waals surface area contributed by atoms with Gasteiger partial charge in [-0.05, 0) is 82.6 Å². The number of aryl methyl sites for hydroxylation is 2. The van der Waals surface area contributed by atoms with Crippen LogP contribution in [0.4, 0.5) is 11.4 Å². The maximum absolute atomic E-state index is 10.4. The van der Waals surface area contributed by atoms with Gasteiger partial charge in [0, 0.05) is 5.56 Å². The molecule has 0 spiro atoms. The molecule has 4 aromatic carbocycles. The molecule has 0 aliphatic heterocycles. The van der Waals surface area contributed by atoms with Crippen LogP contribution in [0.5, 0.6) is 11.5 Å². The molecule has 0 bridgehead atoms. The molecular weight excluding hydrogens is 408 g/mol. The summed E-state index contributed by atoms with van der Waals surface area (Å²) in [5.74, 6) is 2.89. The molecule has 6 N–H and O–H groups in total. The normalized spacial score (nSPS) is 13.2. The lowest BCUT2D eigenvalue weighted by Gasteiger charge is -2.35. The number of nitrogens with two attached hydrogens (primary N) is 2. The average Bonchev–Trinajstić information content (AvgIpc) is 3.11. The van der Waals surface area contributed by atoms with Gasteiger partial charge in [0.1, 0.15) is 11.5 Å². The van der Waals surface area contributed by atoms with Crippen molar-refractivity contribution >= 4 is 11.4 Å². The topological polar surface area (TPSA) is 92.5 Å². The Balaban J connectivity index is 2.01. The first kappa shape index (κ1) is 20.5. The van der Waals surface area contributed by atoms with Crippen LogP contribution < -0.4 is 11.5 Å². The molecule has 0 saturated carbocycles. The van der Waals surface area contributed by atoms with Crippen molar-refractivity contribution in [2.45, 2.75) is 19.3 Å².